The fourth-order valence-corrected chi connectivity index (χ4v) is 3.48. The van der Waals surface area contributed by atoms with Gasteiger partial charge in [-0.1, -0.05) is 0 Å². The molecule has 37 heavy (non-hydrogen) atoms. The van der Waals surface area contributed by atoms with E-state index in [1.165, 1.54) is 18.3 Å². The molecule has 10 nitrogen and oxygen atoms in total. The quantitative estimate of drug-likeness (QED) is 0.163. The first-order valence-electron chi connectivity index (χ1n) is 11.6. The number of nitrogens with zero attached hydrogens (tertiary/aromatic N) is 2. The number of amides is 1. The lowest BCUT2D eigenvalue weighted by Crippen LogP contribution is -2.16. The second-order valence-electron chi connectivity index (χ2n) is 7.79. The number of carbonyl (C=O) groups excluding carboxylic acids is 1. The highest BCUT2D eigenvalue weighted by Gasteiger charge is 2.13. The molecule has 0 spiro atoms. The molecule has 0 atom stereocenters. The fraction of sp³-hybridized carbons (Fsp3) is 0.185. The molecule has 0 saturated heterocycles. The van der Waals surface area contributed by atoms with Crippen molar-refractivity contribution >= 4 is 28.8 Å². The third-order valence-electron chi connectivity index (χ3n) is 5.21. The minimum atomic E-state index is -0.488. The van der Waals surface area contributed by atoms with Gasteiger partial charge in [-0.25, -0.2) is 5.43 Å². The molecule has 0 aliphatic heterocycles. The van der Waals surface area contributed by atoms with Crippen LogP contribution in [0.5, 0.6) is 17.2 Å². The Morgan fingerprint density at radius 3 is 2.49 bits per heavy atom. The highest BCUT2D eigenvalue weighted by atomic mass is 16.6. The Kier molecular flexibility index (Phi) is 7.99. The first-order chi connectivity index (χ1) is 18.0. The third kappa shape index (κ3) is 6.43. The van der Waals surface area contributed by atoms with Crippen molar-refractivity contribution in [3.05, 3.63) is 93.7 Å². The summed E-state index contributed by atoms with van der Waals surface area (Å²) in [6.45, 7) is 4.93. The molecule has 0 aliphatic carbocycles. The van der Waals surface area contributed by atoms with E-state index >= 15 is 0 Å². The molecule has 4 aromatic rings. The average molecular weight is 504 g/mol. The Labute approximate surface area is 212 Å². The third-order valence-corrected chi connectivity index (χ3v) is 5.21. The van der Waals surface area contributed by atoms with E-state index in [-0.39, 0.29) is 18.1 Å². The van der Waals surface area contributed by atoms with Gasteiger partial charge in [0.15, 0.2) is 17.3 Å². The molecule has 1 amide bonds. The lowest BCUT2D eigenvalue weighted by Gasteiger charge is -2.12. The Hall–Kier alpha value is -4.86. The lowest BCUT2D eigenvalue weighted by molar-refractivity contribution is -0.384. The van der Waals surface area contributed by atoms with Gasteiger partial charge >= 0.3 is 5.91 Å². The number of nitro groups is 1. The van der Waals surface area contributed by atoms with Crippen LogP contribution >= 0.6 is 0 Å². The van der Waals surface area contributed by atoms with E-state index in [0.717, 1.165) is 10.9 Å². The molecule has 0 saturated carbocycles. The molecule has 0 unspecified atom stereocenters. The molecule has 0 aliphatic rings. The topological polar surface area (TPSA) is 125 Å². The molecule has 0 fully saturated rings. The molecule has 1 heterocycles. The summed E-state index contributed by atoms with van der Waals surface area (Å²) < 4.78 is 22.6. The van der Waals surface area contributed by atoms with Gasteiger partial charge in [0.2, 0.25) is 0 Å². The van der Waals surface area contributed by atoms with Crippen LogP contribution in [-0.4, -0.2) is 30.3 Å². The monoisotopic (exact) mass is 503 g/mol. The zero-order chi connectivity index (χ0) is 26.2. The van der Waals surface area contributed by atoms with Gasteiger partial charge in [-0.05, 0) is 79.6 Å². The number of benzene rings is 3. The number of hydrogen-bond donors (Lipinski definition) is 1. The van der Waals surface area contributed by atoms with E-state index < -0.39 is 10.8 Å². The van der Waals surface area contributed by atoms with Gasteiger partial charge < -0.3 is 18.6 Å². The zero-order valence-electron chi connectivity index (χ0n) is 20.3. The highest BCUT2D eigenvalue weighted by molar-refractivity contribution is 5.96. The molecule has 1 N–H and O–H groups in total. The van der Waals surface area contributed by atoms with Crippen molar-refractivity contribution < 1.29 is 28.3 Å². The number of hydrazone groups is 1. The smallest absolute Gasteiger partial charge is 0.307 e. The maximum absolute atomic E-state index is 12.5. The molecule has 0 bridgehead atoms. The predicted octanol–water partition coefficient (Wildman–Crippen LogP) is 5.48. The maximum atomic E-state index is 12.5. The van der Waals surface area contributed by atoms with E-state index in [1.54, 1.807) is 48.5 Å². The molecule has 4 rings (SSSR count). The number of fused-ring (bicyclic) bond motifs is 1. The average Bonchev–Trinajstić information content (AvgIpc) is 3.32. The first kappa shape index (κ1) is 25.2. The van der Waals surface area contributed by atoms with E-state index in [9.17, 15) is 14.9 Å². The second-order valence-corrected chi connectivity index (χ2v) is 7.79. The van der Waals surface area contributed by atoms with Crippen LogP contribution in [0.15, 0.2) is 76.2 Å². The van der Waals surface area contributed by atoms with E-state index in [2.05, 4.69) is 10.5 Å². The molecule has 190 valence electrons. The minimum absolute atomic E-state index is 0.0190. The van der Waals surface area contributed by atoms with Crippen LogP contribution in [-0.2, 0) is 6.61 Å². The van der Waals surface area contributed by atoms with Gasteiger partial charge in [0, 0.05) is 17.5 Å². The SMILES string of the molecule is CCOc1ccc2oc(C(=O)N/N=C/c3ccc(OCc4ccc([N+](=O)[O-])cc4)c(OCC)c3)cc2c1. The number of nitro benzene ring substituents is 1. The molecule has 3 aromatic carbocycles. The fourth-order valence-electron chi connectivity index (χ4n) is 3.48. The van der Waals surface area contributed by atoms with Crippen LogP contribution in [0.1, 0.15) is 35.5 Å². The number of furan rings is 1. The number of hydrogen-bond acceptors (Lipinski definition) is 8. The van der Waals surface area contributed by atoms with Gasteiger partial charge in [-0.2, -0.15) is 5.10 Å². The number of non-ortho nitro benzene ring substituents is 1. The summed E-state index contributed by atoms with van der Waals surface area (Å²) in [4.78, 5) is 22.8. The van der Waals surface area contributed by atoms with Crippen molar-refractivity contribution in [2.45, 2.75) is 20.5 Å². The van der Waals surface area contributed by atoms with Crippen LogP contribution < -0.4 is 19.6 Å². The summed E-state index contributed by atoms with van der Waals surface area (Å²) in [7, 11) is 0. The summed E-state index contributed by atoms with van der Waals surface area (Å²) >= 11 is 0. The largest absolute Gasteiger partial charge is 0.494 e. The second kappa shape index (κ2) is 11.7. The molecule has 10 heteroatoms. The summed E-state index contributed by atoms with van der Waals surface area (Å²) in [5, 5.41) is 15.6. The molecular formula is C27H25N3O7. The molecular weight excluding hydrogens is 478 g/mol. The molecule has 0 radical (unpaired) electrons. The van der Waals surface area contributed by atoms with E-state index in [0.29, 0.717) is 41.6 Å². The van der Waals surface area contributed by atoms with E-state index in [1.807, 2.05) is 19.9 Å². The minimum Gasteiger partial charge on any atom is -0.494 e. The van der Waals surface area contributed by atoms with E-state index in [4.69, 9.17) is 18.6 Å². The van der Waals surface area contributed by atoms with Crippen LogP contribution in [0, 0.1) is 10.1 Å². The Balaban J connectivity index is 1.39. The number of carbonyl (C=O) groups is 1. The summed E-state index contributed by atoms with van der Waals surface area (Å²) in [6.07, 6.45) is 1.48. The normalized spacial score (nSPS) is 11.0. The van der Waals surface area contributed by atoms with Gasteiger partial charge in [0.1, 0.15) is 17.9 Å². The zero-order valence-corrected chi connectivity index (χ0v) is 20.3. The van der Waals surface area contributed by atoms with Gasteiger partial charge in [0.25, 0.3) is 5.69 Å². The van der Waals surface area contributed by atoms with Crippen molar-refractivity contribution in [1.29, 1.82) is 0 Å². The Morgan fingerprint density at radius 2 is 1.76 bits per heavy atom. The standard InChI is InChI=1S/C27H25N3O7/c1-3-34-22-10-12-23-20(14-22)15-26(37-23)27(31)29-28-16-19-7-11-24(25(13-19)35-4-2)36-17-18-5-8-21(9-6-18)30(32)33/h5-16H,3-4,17H2,1-2H3,(H,29,31)/b28-16+. The van der Waals surface area contributed by atoms with Crippen LogP contribution in [0.4, 0.5) is 5.69 Å². The van der Waals surface area contributed by atoms with Gasteiger partial charge in [0.05, 0.1) is 24.4 Å². The van der Waals surface area contributed by atoms with Crippen LogP contribution in [0.2, 0.25) is 0 Å². The van der Waals surface area contributed by atoms with Crippen molar-refractivity contribution in [3.8, 4) is 17.2 Å². The van der Waals surface area contributed by atoms with Gasteiger partial charge in [-0.15, -0.1) is 0 Å². The molecule has 1 aromatic heterocycles. The van der Waals surface area contributed by atoms with Crippen molar-refractivity contribution in [2.24, 2.45) is 5.10 Å². The maximum Gasteiger partial charge on any atom is 0.307 e. The Morgan fingerprint density at radius 1 is 0.973 bits per heavy atom. The highest BCUT2D eigenvalue weighted by Crippen LogP contribution is 2.29. The van der Waals surface area contributed by atoms with Crippen molar-refractivity contribution in [2.75, 3.05) is 13.2 Å². The lowest BCUT2D eigenvalue weighted by atomic mass is 10.2. The summed E-state index contributed by atoms with van der Waals surface area (Å²) in [5.74, 6) is 1.35. The Bertz CT molecular complexity index is 1430. The van der Waals surface area contributed by atoms with Crippen LogP contribution in [0.25, 0.3) is 11.0 Å². The van der Waals surface area contributed by atoms with Crippen molar-refractivity contribution in [1.82, 2.24) is 5.43 Å². The number of ether oxygens (including phenoxy) is 3. The first-order valence-corrected chi connectivity index (χ1v) is 11.6. The number of nitrogens with one attached hydrogen (secondary N) is 1. The van der Waals surface area contributed by atoms with Crippen molar-refractivity contribution in [3.63, 3.8) is 0 Å². The number of rotatable bonds is 11. The predicted molar refractivity (Wildman–Crippen MR) is 137 cm³/mol. The van der Waals surface area contributed by atoms with Gasteiger partial charge in [-0.3, -0.25) is 14.9 Å². The van der Waals surface area contributed by atoms with Crippen LogP contribution in [0.3, 0.4) is 0 Å². The summed E-state index contributed by atoms with van der Waals surface area (Å²) in [6, 6.07) is 18.3. The summed E-state index contributed by atoms with van der Waals surface area (Å²) in [5.41, 5.74) is 4.51.